The molecule has 0 radical (unpaired) electrons. The van der Waals surface area contributed by atoms with Crippen molar-refractivity contribution in [3.63, 3.8) is 0 Å². The number of hydrogen-bond donors (Lipinski definition) is 1. The lowest BCUT2D eigenvalue weighted by Gasteiger charge is -2.14. The van der Waals surface area contributed by atoms with E-state index in [0.29, 0.717) is 17.3 Å². The lowest BCUT2D eigenvalue weighted by atomic mass is 10.2. The van der Waals surface area contributed by atoms with E-state index in [1.165, 1.54) is 0 Å². The van der Waals surface area contributed by atoms with Gasteiger partial charge in [0.1, 0.15) is 0 Å². The molecule has 5 nitrogen and oxygen atoms in total. The van der Waals surface area contributed by atoms with Gasteiger partial charge in [0, 0.05) is 23.1 Å². The van der Waals surface area contributed by atoms with Gasteiger partial charge >= 0.3 is 5.97 Å². The monoisotopic (exact) mass is 340 g/mol. The Hall–Kier alpha value is -2.56. The molecule has 1 saturated carbocycles. The zero-order valence-corrected chi connectivity index (χ0v) is 15.1. The quantitative estimate of drug-likeness (QED) is 0.839. The summed E-state index contributed by atoms with van der Waals surface area (Å²) in [6.45, 7) is 7.47. The number of esters is 1. The number of benzene rings is 1. The summed E-state index contributed by atoms with van der Waals surface area (Å²) in [5, 5.41) is 2.78. The van der Waals surface area contributed by atoms with Gasteiger partial charge in [0.25, 0.3) is 5.91 Å². The van der Waals surface area contributed by atoms with E-state index in [1.54, 1.807) is 6.92 Å². The Balaban J connectivity index is 1.66. The van der Waals surface area contributed by atoms with Gasteiger partial charge in [0.05, 0.1) is 5.56 Å². The van der Waals surface area contributed by atoms with Crippen LogP contribution in [-0.2, 0) is 9.53 Å². The summed E-state index contributed by atoms with van der Waals surface area (Å²) in [5.41, 5.74) is 4.26. The number of carbonyl (C=O) groups is 2. The summed E-state index contributed by atoms with van der Waals surface area (Å²) in [6, 6.07) is 9.85. The fourth-order valence-corrected chi connectivity index (χ4v) is 3.12. The molecule has 0 spiro atoms. The predicted octanol–water partition coefficient (Wildman–Crippen LogP) is 3.93. The highest BCUT2D eigenvalue weighted by atomic mass is 16.5. The zero-order valence-electron chi connectivity index (χ0n) is 15.1. The third kappa shape index (κ3) is 3.76. The van der Waals surface area contributed by atoms with Crippen molar-refractivity contribution in [3.8, 4) is 0 Å². The first kappa shape index (κ1) is 17.3. The molecular formula is C20H24N2O3. The van der Waals surface area contributed by atoms with Crippen molar-refractivity contribution in [2.45, 2.75) is 52.7 Å². The minimum absolute atomic E-state index is 0.338. The fraction of sp³-hybridized carbons (Fsp3) is 0.400. The minimum Gasteiger partial charge on any atom is -0.449 e. The van der Waals surface area contributed by atoms with Crippen molar-refractivity contribution in [2.75, 3.05) is 5.32 Å². The van der Waals surface area contributed by atoms with Crippen molar-refractivity contribution >= 4 is 17.6 Å². The van der Waals surface area contributed by atoms with E-state index in [2.05, 4.69) is 9.88 Å². The first-order chi connectivity index (χ1) is 11.9. The van der Waals surface area contributed by atoms with Crippen molar-refractivity contribution in [3.05, 3.63) is 52.8 Å². The lowest BCUT2D eigenvalue weighted by Crippen LogP contribution is -2.30. The average Bonchev–Trinajstić information content (AvgIpc) is 3.32. The second-order valence-electron chi connectivity index (χ2n) is 6.79. The minimum atomic E-state index is -0.864. The number of nitrogens with one attached hydrogen (secondary N) is 1. The molecule has 0 bridgehead atoms. The molecule has 1 atom stereocenters. The first-order valence-corrected chi connectivity index (χ1v) is 8.63. The number of carbonyl (C=O) groups excluding carboxylic acids is 2. The van der Waals surface area contributed by atoms with Crippen LogP contribution in [0.2, 0.25) is 0 Å². The summed E-state index contributed by atoms with van der Waals surface area (Å²) >= 11 is 0. The standard InChI is InChI=1S/C20H24N2O3/c1-12-6-5-7-16(10-12)21-19(23)15(4)25-20(24)18-11-13(2)22(14(18)3)17-8-9-17/h5-7,10-11,15,17H,8-9H2,1-4H3,(H,21,23)/t15-/m0/s1. The average molecular weight is 340 g/mol. The molecule has 1 aromatic heterocycles. The SMILES string of the molecule is Cc1cccc(NC(=O)[C@H](C)OC(=O)c2cc(C)n(C3CC3)c2C)c1. The third-order valence-electron chi connectivity index (χ3n) is 4.55. The largest absolute Gasteiger partial charge is 0.449 e. The Morgan fingerprint density at radius 2 is 1.92 bits per heavy atom. The first-order valence-electron chi connectivity index (χ1n) is 8.63. The van der Waals surface area contributed by atoms with Crippen LogP contribution in [0, 0.1) is 20.8 Å². The van der Waals surface area contributed by atoms with Crippen LogP contribution in [-0.4, -0.2) is 22.5 Å². The Kier molecular flexibility index (Phi) is 4.66. The maximum Gasteiger partial charge on any atom is 0.340 e. The van der Waals surface area contributed by atoms with E-state index in [4.69, 9.17) is 4.74 Å². The summed E-state index contributed by atoms with van der Waals surface area (Å²) in [5.74, 6) is -0.790. The highest BCUT2D eigenvalue weighted by molar-refractivity contribution is 5.97. The highest BCUT2D eigenvalue weighted by Crippen LogP contribution is 2.38. The molecule has 5 heteroatoms. The van der Waals surface area contributed by atoms with Crippen LogP contribution in [0.3, 0.4) is 0 Å². The molecule has 25 heavy (non-hydrogen) atoms. The van der Waals surface area contributed by atoms with Gasteiger partial charge in [-0.15, -0.1) is 0 Å². The van der Waals surface area contributed by atoms with E-state index in [-0.39, 0.29) is 5.91 Å². The topological polar surface area (TPSA) is 60.3 Å². The van der Waals surface area contributed by atoms with Crippen LogP contribution in [0.1, 0.15) is 53.1 Å². The Morgan fingerprint density at radius 1 is 1.20 bits per heavy atom. The maximum atomic E-state index is 12.5. The van der Waals surface area contributed by atoms with Gasteiger partial charge in [-0.1, -0.05) is 12.1 Å². The Morgan fingerprint density at radius 3 is 2.56 bits per heavy atom. The molecule has 1 amide bonds. The van der Waals surface area contributed by atoms with Gasteiger partial charge in [0.15, 0.2) is 6.10 Å². The molecule has 1 heterocycles. The highest BCUT2D eigenvalue weighted by Gasteiger charge is 2.29. The van der Waals surface area contributed by atoms with Crippen molar-refractivity contribution in [1.29, 1.82) is 0 Å². The molecule has 3 rings (SSSR count). The van der Waals surface area contributed by atoms with Gasteiger partial charge in [-0.25, -0.2) is 4.79 Å². The van der Waals surface area contributed by atoms with E-state index < -0.39 is 12.1 Å². The molecular weight excluding hydrogens is 316 g/mol. The van der Waals surface area contributed by atoms with Crippen molar-refractivity contribution in [2.24, 2.45) is 0 Å². The van der Waals surface area contributed by atoms with Crippen LogP contribution in [0.15, 0.2) is 30.3 Å². The molecule has 132 valence electrons. The zero-order chi connectivity index (χ0) is 18.1. The van der Waals surface area contributed by atoms with Crippen molar-refractivity contribution < 1.29 is 14.3 Å². The normalized spacial score (nSPS) is 14.9. The van der Waals surface area contributed by atoms with Crippen molar-refractivity contribution in [1.82, 2.24) is 4.57 Å². The Bertz CT molecular complexity index is 818. The molecule has 1 aliphatic rings. The third-order valence-corrected chi connectivity index (χ3v) is 4.55. The number of anilines is 1. The summed E-state index contributed by atoms with van der Waals surface area (Å²) in [4.78, 5) is 24.8. The van der Waals surface area contributed by atoms with E-state index in [0.717, 1.165) is 29.8 Å². The number of ether oxygens (including phenoxy) is 1. The van der Waals surface area contributed by atoms with Gasteiger partial charge in [0.2, 0.25) is 0 Å². The van der Waals surface area contributed by atoms with Crippen LogP contribution < -0.4 is 5.32 Å². The number of aromatic nitrogens is 1. The number of rotatable bonds is 5. The molecule has 0 saturated heterocycles. The van der Waals surface area contributed by atoms with E-state index in [9.17, 15) is 9.59 Å². The summed E-state index contributed by atoms with van der Waals surface area (Å²) in [6.07, 6.45) is 1.44. The summed E-state index contributed by atoms with van der Waals surface area (Å²) in [7, 11) is 0. The number of aryl methyl sites for hydroxylation is 2. The smallest absolute Gasteiger partial charge is 0.340 e. The maximum absolute atomic E-state index is 12.5. The molecule has 0 aliphatic heterocycles. The molecule has 0 unspecified atom stereocenters. The van der Waals surface area contributed by atoms with Gasteiger partial charge in [-0.05, 0) is 64.3 Å². The van der Waals surface area contributed by atoms with Crippen LogP contribution in [0.4, 0.5) is 5.69 Å². The van der Waals surface area contributed by atoms with Gasteiger partial charge in [-0.3, -0.25) is 4.79 Å². The van der Waals surface area contributed by atoms with Gasteiger partial charge < -0.3 is 14.6 Å². The molecule has 1 N–H and O–H groups in total. The predicted molar refractivity (Wildman–Crippen MR) is 96.9 cm³/mol. The molecule has 1 aromatic carbocycles. The number of nitrogens with zero attached hydrogens (tertiary/aromatic N) is 1. The van der Waals surface area contributed by atoms with Gasteiger partial charge in [-0.2, -0.15) is 0 Å². The number of amides is 1. The Labute approximate surface area is 148 Å². The molecule has 1 fully saturated rings. The van der Waals surface area contributed by atoms with Crippen LogP contribution in [0.25, 0.3) is 0 Å². The second-order valence-corrected chi connectivity index (χ2v) is 6.79. The van der Waals surface area contributed by atoms with E-state index in [1.807, 2.05) is 51.1 Å². The summed E-state index contributed by atoms with van der Waals surface area (Å²) < 4.78 is 7.57. The van der Waals surface area contributed by atoms with Crippen LogP contribution in [0.5, 0.6) is 0 Å². The molecule has 1 aliphatic carbocycles. The lowest BCUT2D eigenvalue weighted by molar-refractivity contribution is -0.123. The fourth-order valence-electron chi connectivity index (χ4n) is 3.12. The molecule has 2 aromatic rings. The van der Waals surface area contributed by atoms with Crippen LogP contribution >= 0.6 is 0 Å². The van der Waals surface area contributed by atoms with E-state index >= 15 is 0 Å². The number of hydrogen-bond acceptors (Lipinski definition) is 3. The second kappa shape index (κ2) is 6.75.